The molecule has 0 saturated carbocycles. The molecule has 0 atom stereocenters. The van der Waals surface area contributed by atoms with Crippen LogP contribution in [0.3, 0.4) is 0 Å². The van der Waals surface area contributed by atoms with Gasteiger partial charge in [0.1, 0.15) is 6.34 Å². The van der Waals surface area contributed by atoms with Gasteiger partial charge in [0.2, 0.25) is 0 Å². The molecule has 0 fully saturated rings. The van der Waals surface area contributed by atoms with Gasteiger partial charge in [0.25, 0.3) is 0 Å². The van der Waals surface area contributed by atoms with E-state index in [4.69, 9.17) is 0 Å². The number of hydrogen-bond acceptors (Lipinski definition) is 4. The molecular weight excluding hydrogens is 146 g/mol. The summed E-state index contributed by atoms with van der Waals surface area (Å²) in [4.78, 5) is 12.0. The molecule has 11 heavy (non-hydrogen) atoms. The van der Waals surface area contributed by atoms with Crippen LogP contribution in [0, 0.1) is 0 Å². The van der Waals surface area contributed by atoms with Gasteiger partial charge in [-0.25, -0.2) is 4.79 Å². The highest BCUT2D eigenvalue weighted by Gasteiger charge is 2.03. The van der Waals surface area contributed by atoms with Gasteiger partial charge >= 0.3 is 6.09 Å². The minimum atomic E-state index is -0.435. The molecule has 0 radical (unpaired) electrons. The second-order valence-electron chi connectivity index (χ2n) is 2.16. The Morgan fingerprint density at radius 3 is 2.36 bits per heavy atom. The molecule has 64 valence electrons. The Morgan fingerprint density at radius 1 is 1.45 bits per heavy atom. The molecule has 0 aromatic rings. The predicted octanol–water partition coefficient (Wildman–Crippen LogP) is 0.190. The van der Waals surface area contributed by atoms with Gasteiger partial charge < -0.3 is 9.75 Å². The summed E-state index contributed by atoms with van der Waals surface area (Å²) in [6, 6.07) is 0. The summed E-state index contributed by atoms with van der Waals surface area (Å²) in [5, 5.41) is 5.41. The standard InChI is InChI=1S/C6H13N3O2/c1-8(2)7-5-9(3)6(10)11-4/h5H,1-4H3. The van der Waals surface area contributed by atoms with Gasteiger partial charge in [-0.05, 0) is 0 Å². The molecule has 0 unspecified atom stereocenters. The second kappa shape index (κ2) is 4.54. The molecule has 0 saturated heterocycles. The van der Waals surface area contributed by atoms with Crippen LogP contribution in [-0.4, -0.2) is 50.6 Å². The Kier molecular flexibility index (Phi) is 4.02. The highest BCUT2D eigenvalue weighted by Crippen LogP contribution is 1.84. The number of hydrazone groups is 1. The third kappa shape index (κ3) is 4.19. The minimum Gasteiger partial charge on any atom is -0.452 e. The predicted molar refractivity (Wildman–Crippen MR) is 42.3 cm³/mol. The molecule has 0 aliphatic carbocycles. The topological polar surface area (TPSA) is 45.1 Å². The number of ether oxygens (including phenoxy) is 1. The van der Waals surface area contributed by atoms with Crippen LogP contribution in [0.25, 0.3) is 0 Å². The van der Waals surface area contributed by atoms with E-state index in [1.165, 1.54) is 18.3 Å². The van der Waals surface area contributed by atoms with Gasteiger partial charge in [-0.15, -0.1) is 0 Å². The second-order valence-corrected chi connectivity index (χ2v) is 2.16. The molecule has 0 aliphatic heterocycles. The molecule has 0 aliphatic rings. The molecule has 0 spiro atoms. The van der Waals surface area contributed by atoms with Crippen LogP contribution in [0.1, 0.15) is 0 Å². The summed E-state index contributed by atoms with van der Waals surface area (Å²) >= 11 is 0. The molecule has 5 heteroatoms. The number of rotatable bonds is 2. The number of carbonyl (C=O) groups excluding carboxylic acids is 1. The maximum atomic E-state index is 10.7. The lowest BCUT2D eigenvalue weighted by Crippen LogP contribution is -2.25. The molecular formula is C6H13N3O2. The summed E-state index contributed by atoms with van der Waals surface area (Å²) in [5.74, 6) is 0. The fourth-order valence-corrected chi connectivity index (χ4v) is 0.372. The normalized spacial score (nSPS) is 9.82. The fourth-order valence-electron chi connectivity index (χ4n) is 0.372. The van der Waals surface area contributed by atoms with Crippen molar-refractivity contribution in [3.05, 3.63) is 0 Å². The van der Waals surface area contributed by atoms with Gasteiger partial charge in [0, 0.05) is 21.1 Å². The largest absolute Gasteiger partial charge is 0.452 e. The summed E-state index contributed by atoms with van der Waals surface area (Å²) in [6.07, 6.45) is 0.946. The molecule has 0 aromatic carbocycles. The van der Waals surface area contributed by atoms with E-state index in [0.29, 0.717) is 0 Å². The van der Waals surface area contributed by atoms with Crippen LogP contribution in [0.15, 0.2) is 5.10 Å². The lowest BCUT2D eigenvalue weighted by Gasteiger charge is -2.10. The van der Waals surface area contributed by atoms with Crippen molar-refractivity contribution in [2.45, 2.75) is 0 Å². The van der Waals surface area contributed by atoms with E-state index in [2.05, 4.69) is 9.84 Å². The van der Waals surface area contributed by atoms with E-state index >= 15 is 0 Å². The zero-order valence-electron chi connectivity index (χ0n) is 7.24. The molecule has 0 heterocycles. The molecule has 0 N–H and O–H groups in total. The molecule has 0 bridgehead atoms. The number of methoxy groups -OCH3 is 1. The smallest absolute Gasteiger partial charge is 0.414 e. The summed E-state index contributed by atoms with van der Waals surface area (Å²) in [5.41, 5.74) is 0. The van der Waals surface area contributed by atoms with Crippen LogP contribution in [-0.2, 0) is 4.74 Å². The lowest BCUT2D eigenvalue weighted by molar-refractivity contribution is 0.152. The van der Waals surface area contributed by atoms with E-state index < -0.39 is 6.09 Å². The van der Waals surface area contributed by atoms with Gasteiger partial charge in [-0.2, -0.15) is 5.10 Å². The van der Waals surface area contributed by atoms with Crippen molar-refractivity contribution < 1.29 is 9.53 Å². The van der Waals surface area contributed by atoms with Crippen LogP contribution in [0.4, 0.5) is 4.79 Å². The monoisotopic (exact) mass is 159 g/mol. The first-order chi connectivity index (χ1) is 5.07. The highest BCUT2D eigenvalue weighted by molar-refractivity contribution is 5.81. The Labute approximate surface area is 66.2 Å². The van der Waals surface area contributed by atoms with Gasteiger partial charge in [0.05, 0.1) is 7.11 Å². The number of amides is 1. The van der Waals surface area contributed by atoms with Crippen molar-refractivity contribution >= 4 is 12.4 Å². The van der Waals surface area contributed by atoms with Crippen molar-refractivity contribution in [3.63, 3.8) is 0 Å². The van der Waals surface area contributed by atoms with Crippen LogP contribution in [0.2, 0.25) is 0 Å². The first kappa shape index (κ1) is 9.74. The van der Waals surface area contributed by atoms with Gasteiger partial charge in [-0.3, -0.25) is 4.90 Å². The quantitative estimate of drug-likeness (QED) is 0.328. The van der Waals surface area contributed by atoms with E-state index in [1.54, 1.807) is 26.2 Å². The Morgan fingerprint density at radius 2 is 2.00 bits per heavy atom. The van der Waals surface area contributed by atoms with Crippen molar-refractivity contribution in [3.8, 4) is 0 Å². The van der Waals surface area contributed by atoms with Crippen molar-refractivity contribution in [1.82, 2.24) is 9.91 Å². The fraction of sp³-hybridized carbons (Fsp3) is 0.667. The first-order valence-corrected chi connectivity index (χ1v) is 3.10. The van der Waals surface area contributed by atoms with Crippen molar-refractivity contribution in [2.75, 3.05) is 28.3 Å². The van der Waals surface area contributed by atoms with E-state index in [1.807, 2.05) is 0 Å². The van der Waals surface area contributed by atoms with E-state index in [9.17, 15) is 4.79 Å². The van der Waals surface area contributed by atoms with Crippen molar-refractivity contribution in [1.29, 1.82) is 0 Å². The van der Waals surface area contributed by atoms with Crippen LogP contribution in [0.5, 0.6) is 0 Å². The molecule has 0 aromatic heterocycles. The van der Waals surface area contributed by atoms with Gasteiger partial charge in [-0.1, -0.05) is 0 Å². The third-order valence-electron chi connectivity index (χ3n) is 0.918. The molecule has 0 rings (SSSR count). The Hall–Kier alpha value is -1.26. The van der Waals surface area contributed by atoms with Crippen LogP contribution < -0.4 is 0 Å². The van der Waals surface area contributed by atoms with Crippen LogP contribution >= 0.6 is 0 Å². The maximum Gasteiger partial charge on any atom is 0.414 e. The van der Waals surface area contributed by atoms with Gasteiger partial charge in [0.15, 0.2) is 0 Å². The molecule has 1 amide bonds. The number of carbonyl (C=O) groups is 1. The highest BCUT2D eigenvalue weighted by atomic mass is 16.5. The Bertz CT molecular complexity index is 156. The lowest BCUT2D eigenvalue weighted by atomic mass is 10.9. The first-order valence-electron chi connectivity index (χ1n) is 3.10. The molecule has 5 nitrogen and oxygen atoms in total. The number of hydrogen-bond donors (Lipinski definition) is 0. The average Bonchev–Trinajstić information content (AvgIpc) is 1.98. The zero-order chi connectivity index (χ0) is 8.85. The van der Waals surface area contributed by atoms with E-state index in [0.717, 1.165) is 0 Å². The van der Waals surface area contributed by atoms with E-state index in [-0.39, 0.29) is 0 Å². The summed E-state index contributed by atoms with van der Waals surface area (Å²) in [6.45, 7) is 0. The average molecular weight is 159 g/mol. The number of nitrogens with zero attached hydrogens (tertiary/aromatic N) is 3. The maximum absolute atomic E-state index is 10.7. The zero-order valence-corrected chi connectivity index (χ0v) is 7.24. The SMILES string of the molecule is COC(=O)N(C)C=NN(C)C. The summed E-state index contributed by atoms with van der Waals surface area (Å²) in [7, 11) is 6.42. The Balaban J connectivity index is 3.86. The van der Waals surface area contributed by atoms with Crippen molar-refractivity contribution in [2.24, 2.45) is 5.10 Å². The summed E-state index contributed by atoms with van der Waals surface area (Å²) < 4.78 is 4.42. The minimum absolute atomic E-state index is 0.435. The third-order valence-corrected chi connectivity index (χ3v) is 0.918.